The summed E-state index contributed by atoms with van der Waals surface area (Å²) in [7, 11) is 2.18. The Morgan fingerprint density at radius 1 is 1.29 bits per heavy atom. The lowest BCUT2D eigenvalue weighted by Gasteiger charge is -2.36. The molecule has 0 spiro atoms. The van der Waals surface area contributed by atoms with Gasteiger partial charge in [0.25, 0.3) is 0 Å². The largest absolute Gasteiger partial charge is 0.416 e. The van der Waals surface area contributed by atoms with Gasteiger partial charge in [-0.25, -0.2) is 4.98 Å². The molecule has 0 saturated carbocycles. The molecule has 21 heavy (non-hydrogen) atoms. The van der Waals surface area contributed by atoms with Crippen molar-refractivity contribution < 1.29 is 13.2 Å². The van der Waals surface area contributed by atoms with Crippen molar-refractivity contribution in [3.8, 4) is 0 Å². The Hall–Kier alpha value is -1.30. The van der Waals surface area contributed by atoms with E-state index in [1.165, 1.54) is 19.0 Å². The summed E-state index contributed by atoms with van der Waals surface area (Å²) >= 11 is 0. The van der Waals surface area contributed by atoms with Crippen molar-refractivity contribution in [3.63, 3.8) is 0 Å². The van der Waals surface area contributed by atoms with Crippen molar-refractivity contribution in [3.05, 3.63) is 23.9 Å². The summed E-state index contributed by atoms with van der Waals surface area (Å²) in [6.45, 7) is 0.704. The number of halogens is 3. The first-order valence-electron chi connectivity index (χ1n) is 7.42. The van der Waals surface area contributed by atoms with Crippen molar-refractivity contribution in [1.29, 1.82) is 0 Å². The maximum Gasteiger partial charge on any atom is 0.416 e. The number of hydrogen-bond donors (Lipinski definition) is 1. The van der Waals surface area contributed by atoms with Gasteiger partial charge in [-0.05, 0) is 50.8 Å². The molecule has 3 rings (SSSR count). The molecule has 3 nitrogen and oxygen atoms in total. The van der Waals surface area contributed by atoms with Crippen LogP contribution in [0, 0.1) is 5.92 Å². The van der Waals surface area contributed by atoms with Gasteiger partial charge in [0.2, 0.25) is 0 Å². The molecule has 2 unspecified atom stereocenters. The molecule has 0 radical (unpaired) electrons. The molecule has 0 amide bonds. The summed E-state index contributed by atoms with van der Waals surface area (Å²) in [6.07, 6.45) is 1.65. The minimum absolute atomic E-state index is 0.316. The van der Waals surface area contributed by atoms with Crippen molar-refractivity contribution >= 4 is 5.82 Å². The first kappa shape index (κ1) is 14.6. The normalized spacial score (nSPS) is 29.6. The second-order valence-corrected chi connectivity index (χ2v) is 6.20. The topological polar surface area (TPSA) is 28.2 Å². The second-order valence-electron chi connectivity index (χ2n) is 6.20. The van der Waals surface area contributed by atoms with E-state index in [2.05, 4.69) is 22.2 Å². The van der Waals surface area contributed by atoms with Crippen LogP contribution in [0.1, 0.15) is 31.2 Å². The Labute approximate surface area is 122 Å². The highest BCUT2D eigenvalue weighted by atomic mass is 19.4. The molecule has 1 aromatic heterocycles. The summed E-state index contributed by atoms with van der Waals surface area (Å²) in [5.74, 6) is 0.839. The van der Waals surface area contributed by atoms with E-state index >= 15 is 0 Å². The van der Waals surface area contributed by atoms with E-state index in [4.69, 9.17) is 0 Å². The van der Waals surface area contributed by atoms with Gasteiger partial charge in [-0.15, -0.1) is 0 Å². The molecule has 6 heteroatoms. The summed E-state index contributed by atoms with van der Waals surface area (Å²) < 4.78 is 38.0. The lowest BCUT2D eigenvalue weighted by molar-refractivity contribution is -0.137. The highest BCUT2D eigenvalue weighted by Gasteiger charge is 2.38. The molecule has 1 aromatic rings. The minimum Gasteiger partial charge on any atom is -0.370 e. The molecule has 2 fully saturated rings. The van der Waals surface area contributed by atoms with E-state index in [0.29, 0.717) is 30.4 Å². The minimum atomic E-state index is -4.31. The summed E-state index contributed by atoms with van der Waals surface area (Å²) in [4.78, 5) is 6.44. The van der Waals surface area contributed by atoms with E-state index in [1.807, 2.05) is 0 Å². The zero-order valence-corrected chi connectivity index (χ0v) is 12.0. The predicted octanol–water partition coefficient (Wildman–Crippen LogP) is 3.39. The van der Waals surface area contributed by atoms with E-state index in [0.717, 1.165) is 25.0 Å². The first-order valence-corrected chi connectivity index (χ1v) is 7.42. The van der Waals surface area contributed by atoms with Crippen LogP contribution in [-0.2, 0) is 6.18 Å². The third-order valence-electron chi connectivity index (χ3n) is 4.85. The van der Waals surface area contributed by atoms with Crippen molar-refractivity contribution in [2.75, 3.05) is 18.9 Å². The zero-order valence-electron chi connectivity index (χ0n) is 12.0. The second kappa shape index (κ2) is 5.48. The van der Waals surface area contributed by atoms with Crippen LogP contribution in [0.5, 0.6) is 0 Å². The Morgan fingerprint density at radius 3 is 2.57 bits per heavy atom. The Balaban J connectivity index is 1.59. The van der Waals surface area contributed by atoms with Crippen LogP contribution < -0.4 is 5.32 Å². The van der Waals surface area contributed by atoms with Gasteiger partial charge in [-0.1, -0.05) is 0 Å². The highest BCUT2D eigenvalue weighted by Crippen LogP contribution is 2.37. The van der Waals surface area contributed by atoms with Gasteiger partial charge in [-0.3, -0.25) is 0 Å². The standard InChI is InChI=1S/C15H20F3N3/c1-21-12-2-3-13(21)7-10(6-12)9-20-14-8-11(4-5-19-14)15(16,17)18/h4-5,8,10,12-13H,2-3,6-7,9H2,1H3,(H,19,20). The third-order valence-corrected chi connectivity index (χ3v) is 4.85. The van der Waals surface area contributed by atoms with Crippen molar-refractivity contribution in [1.82, 2.24) is 9.88 Å². The summed E-state index contributed by atoms with van der Waals surface area (Å²) in [5.41, 5.74) is -0.650. The summed E-state index contributed by atoms with van der Waals surface area (Å²) in [5, 5.41) is 3.08. The molecular formula is C15H20F3N3. The smallest absolute Gasteiger partial charge is 0.370 e. The molecule has 116 valence electrons. The fraction of sp³-hybridized carbons (Fsp3) is 0.667. The maximum atomic E-state index is 12.7. The average Bonchev–Trinajstić information content (AvgIpc) is 2.66. The lowest BCUT2D eigenvalue weighted by Crippen LogP contribution is -2.41. The number of piperidine rings is 1. The third kappa shape index (κ3) is 3.15. The first-order chi connectivity index (χ1) is 9.93. The summed E-state index contributed by atoms with van der Waals surface area (Å²) in [6, 6.07) is 3.37. The Kier molecular flexibility index (Phi) is 3.82. The highest BCUT2D eigenvalue weighted by molar-refractivity contribution is 5.38. The van der Waals surface area contributed by atoms with Crippen LogP contribution in [0.25, 0.3) is 0 Å². The number of rotatable bonds is 3. The average molecular weight is 299 g/mol. The van der Waals surface area contributed by atoms with Gasteiger partial charge >= 0.3 is 6.18 Å². The molecule has 0 aromatic carbocycles. The van der Waals surface area contributed by atoms with Crippen LogP contribution in [0.3, 0.4) is 0 Å². The van der Waals surface area contributed by atoms with Gasteiger partial charge in [0.1, 0.15) is 5.82 Å². The van der Waals surface area contributed by atoms with Gasteiger partial charge in [-0.2, -0.15) is 13.2 Å². The van der Waals surface area contributed by atoms with Gasteiger partial charge in [0, 0.05) is 24.8 Å². The quantitative estimate of drug-likeness (QED) is 0.927. The van der Waals surface area contributed by atoms with Crippen LogP contribution in [0.4, 0.5) is 19.0 Å². The number of pyridine rings is 1. The van der Waals surface area contributed by atoms with Crippen LogP contribution in [-0.4, -0.2) is 35.6 Å². The molecule has 2 aliphatic rings. The van der Waals surface area contributed by atoms with E-state index in [9.17, 15) is 13.2 Å². The maximum absolute atomic E-state index is 12.7. The monoisotopic (exact) mass is 299 g/mol. The number of nitrogens with zero attached hydrogens (tertiary/aromatic N) is 2. The molecule has 1 N–H and O–H groups in total. The molecule has 2 atom stereocenters. The zero-order chi connectivity index (χ0) is 15.0. The van der Waals surface area contributed by atoms with Crippen LogP contribution >= 0.6 is 0 Å². The SMILES string of the molecule is CN1C2CCC1CC(CNc1cc(C(F)(F)F)ccn1)C2. The number of fused-ring (bicyclic) bond motifs is 2. The van der Waals surface area contributed by atoms with Crippen molar-refractivity contribution in [2.24, 2.45) is 5.92 Å². The molecular weight excluding hydrogens is 279 g/mol. The molecule has 2 aliphatic heterocycles. The fourth-order valence-corrected chi connectivity index (χ4v) is 3.64. The van der Waals surface area contributed by atoms with E-state index in [-0.39, 0.29) is 0 Å². The Bertz CT molecular complexity index is 489. The predicted molar refractivity (Wildman–Crippen MR) is 75.0 cm³/mol. The van der Waals surface area contributed by atoms with E-state index < -0.39 is 11.7 Å². The molecule has 2 bridgehead atoms. The van der Waals surface area contributed by atoms with E-state index in [1.54, 1.807) is 0 Å². The Morgan fingerprint density at radius 2 is 1.95 bits per heavy atom. The molecule has 0 aliphatic carbocycles. The van der Waals surface area contributed by atoms with Gasteiger partial charge in [0.05, 0.1) is 5.56 Å². The molecule has 3 heterocycles. The number of nitrogens with one attached hydrogen (secondary N) is 1. The fourth-order valence-electron chi connectivity index (χ4n) is 3.64. The molecule has 2 saturated heterocycles. The van der Waals surface area contributed by atoms with Crippen LogP contribution in [0.2, 0.25) is 0 Å². The van der Waals surface area contributed by atoms with Crippen molar-refractivity contribution in [2.45, 2.75) is 43.9 Å². The number of aromatic nitrogens is 1. The number of anilines is 1. The number of alkyl halides is 3. The van der Waals surface area contributed by atoms with Gasteiger partial charge < -0.3 is 10.2 Å². The van der Waals surface area contributed by atoms with Gasteiger partial charge in [0.15, 0.2) is 0 Å². The number of hydrogen-bond acceptors (Lipinski definition) is 3. The lowest BCUT2D eigenvalue weighted by atomic mass is 9.91. The van der Waals surface area contributed by atoms with Crippen LogP contribution in [0.15, 0.2) is 18.3 Å².